The molecule has 0 spiro atoms. The van der Waals surface area contributed by atoms with E-state index >= 15 is 0 Å². The van der Waals surface area contributed by atoms with Gasteiger partial charge in [0.25, 0.3) is 0 Å². The van der Waals surface area contributed by atoms with Gasteiger partial charge in [-0.2, -0.15) is 0 Å². The SMILES string of the molecule is CCc1nc(COC(=O)[C@H]2CCCN2C(C)=O)cs1. The summed E-state index contributed by atoms with van der Waals surface area (Å²) in [6, 6.07) is -0.415. The highest BCUT2D eigenvalue weighted by Gasteiger charge is 2.33. The molecule has 5 nitrogen and oxygen atoms in total. The van der Waals surface area contributed by atoms with E-state index in [-0.39, 0.29) is 18.5 Å². The van der Waals surface area contributed by atoms with Crippen LogP contribution < -0.4 is 0 Å². The van der Waals surface area contributed by atoms with Crippen molar-refractivity contribution in [3.05, 3.63) is 16.1 Å². The zero-order valence-corrected chi connectivity index (χ0v) is 12.0. The lowest BCUT2D eigenvalue weighted by Crippen LogP contribution is -2.40. The molecule has 0 saturated carbocycles. The van der Waals surface area contributed by atoms with Crippen LogP contribution in [0.3, 0.4) is 0 Å². The molecule has 2 rings (SSSR count). The minimum Gasteiger partial charge on any atom is -0.458 e. The molecule has 0 aliphatic carbocycles. The molecular formula is C13H18N2O3S. The van der Waals surface area contributed by atoms with Gasteiger partial charge in [-0.05, 0) is 19.3 Å². The minimum absolute atomic E-state index is 0.0682. The van der Waals surface area contributed by atoms with Gasteiger partial charge in [0.1, 0.15) is 12.6 Å². The number of hydrogen-bond donors (Lipinski definition) is 0. The first-order chi connectivity index (χ1) is 9.11. The first-order valence-corrected chi connectivity index (χ1v) is 7.37. The number of aromatic nitrogens is 1. The first-order valence-electron chi connectivity index (χ1n) is 6.49. The van der Waals surface area contributed by atoms with E-state index in [1.54, 1.807) is 16.2 Å². The summed E-state index contributed by atoms with van der Waals surface area (Å²) in [7, 11) is 0. The van der Waals surface area contributed by atoms with Crippen LogP contribution in [0.1, 0.15) is 37.4 Å². The summed E-state index contributed by atoms with van der Waals surface area (Å²) in [4.78, 5) is 29.3. The zero-order valence-electron chi connectivity index (χ0n) is 11.2. The van der Waals surface area contributed by atoms with E-state index in [4.69, 9.17) is 4.74 Å². The summed E-state index contributed by atoms with van der Waals surface area (Å²) < 4.78 is 5.26. The van der Waals surface area contributed by atoms with E-state index in [0.717, 1.165) is 23.5 Å². The molecule has 1 atom stereocenters. The molecule has 1 aromatic heterocycles. The molecule has 0 radical (unpaired) electrons. The van der Waals surface area contributed by atoms with Gasteiger partial charge in [0, 0.05) is 18.8 Å². The number of likely N-dealkylation sites (tertiary alicyclic amines) is 1. The summed E-state index contributed by atoms with van der Waals surface area (Å²) in [6.07, 6.45) is 2.44. The quantitative estimate of drug-likeness (QED) is 0.790. The fraction of sp³-hybridized carbons (Fsp3) is 0.615. The highest BCUT2D eigenvalue weighted by molar-refractivity contribution is 7.09. The highest BCUT2D eigenvalue weighted by atomic mass is 32.1. The Kier molecular flexibility index (Phi) is 4.52. The third-order valence-electron chi connectivity index (χ3n) is 3.19. The van der Waals surface area contributed by atoms with E-state index < -0.39 is 6.04 Å². The van der Waals surface area contributed by atoms with Gasteiger partial charge in [-0.3, -0.25) is 4.79 Å². The number of aryl methyl sites for hydroxylation is 1. The van der Waals surface area contributed by atoms with Gasteiger partial charge in [-0.25, -0.2) is 9.78 Å². The van der Waals surface area contributed by atoms with Crippen LogP contribution >= 0.6 is 11.3 Å². The number of rotatable bonds is 4. The lowest BCUT2D eigenvalue weighted by atomic mass is 10.2. The standard InChI is InChI=1S/C13H18N2O3S/c1-3-12-14-10(8-19-12)7-18-13(17)11-5-4-6-15(11)9(2)16/h8,11H,3-7H2,1-2H3/t11-/m1/s1. The number of thiazole rings is 1. The molecule has 0 aromatic carbocycles. The Bertz CT molecular complexity index is 472. The minimum atomic E-state index is -0.415. The van der Waals surface area contributed by atoms with Crippen LogP contribution in [0, 0.1) is 0 Å². The summed E-state index contributed by atoms with van der Waals surface area (Å²) in [6.45, 7) is 4.36. The number of ether oxygens (including phenoxy) is 1. The molecule has 0 N–H and O–H groups in total. The lowest BCUT2D eigenvalue weighted by Gasteiger charge is -2.21. The van der Waals surface area contributed by atoms with Gasteiger partial charge in [-0.1, -0.05) is 6.92 Å². The second-order valence-corrected chi connectivity index (χ2v) is 5.51. The Morgan fingerprint density at radius 3 is 3.00 bits per heavy atom. The van der Waals surface area contributed by atoms with Gasteiger partial charge >= 0.3 is 5.97 Å². The van der Waals surface area contributed by atoms with E-state index in [2.05, 4.69) is 4.98 Å². The van der Waals surface area contributed by atoms with Gasteiger partial charge in [0.2, 0.25) is 5.91 Å². The van der Waals surface area contributed by atoms with Crippen molar-refractivity contribution < 1.29 is 14.3 Å². The molecule has 1 aliphatic heterocycles. The van der Waals surface area contributed by atoms with Crippen LogP contribution in [0.15, 0.2) is 5.38 Å². The number of hydrogen-bond acceptors (Lipinski definition) is 5. The molecule has 19 heavy (non-hydrogen) atoms. The van der Waals surface area contributed by atoms with E-state index in [1.807, 2.05) is 12.3 Å². The van der Waals surface area contributed by atoms with Crippen LogP contribution in [0.5, 0.6) is 0 Å². The topological polar surface area (TPSA) is 59.5 Å². The van der Waals surface area contributed by atoms with Crippen molar-refractivity contribution in [1.82, 2.24) is 9.88 Å². The van der Waals surface area contributed by atoms with E-state index in [9.17, 15) is 9.59 Å². The average molecular weight is 282 g/mol. The third kappa shape index (κ3) is 3.32. The Balaban J connectivity index is 1.88. The predicted molar refractivity (Wildman–Crippen MR) is 71.7 cm³/mol. The second kappa shape index (κ2) is 6.14. The average Bonchev–Trinajstić information content (AvgIpc) is 3.04. The molecule has 1 aliphatic rings. The molecule has 1 fully saturated rings. The molecule has 1 aromatic rings. The van der Waals surface area contributed by atoms with Crippen LogP contribution in [0.4, 0.5) is 0 Å². The number of amides is 1. The van der Waals surface area contributed by atoms with E-state index in [0.29, 0.717) is 13.0 Å². The summed E-state index contributed by atoms with van der Waals surface area (Å²) in [5, 5.41) is 2.95. The maximum atomic E-state index is 12.0. The fourth-order valence-electron chi connectivity index (χ4n) is 2.21. The van der Waals surface area contributed by atoms with Crippen molar-refractivity contribution in [3.8, 4) is 0 Å². The van der Waals surface area contributed by atoms with Gasteiger partial charge in [0.15, 0.2) is 0 Å². The molecule has 2 heterocycles. The van der Waals surface area contributed by atoms with Crippen molar-refractivity contribution in [2.75, 3.05) is 6.54 Å². The lowest BCUT2D eigenvalue weighted by molar-refractivity contribution is -0.154. The Morgan fingerprint density at radius 1 is 1.58 bits per heavy atom. The van der Waals surface area contributed by atoms with Crippen molar-refractivity contribution in [2.24, 2.45) is 0 Å². The molecule has 1 saturated heterocycles. The largest absolute Gasteiger partial charge is 0.458 e. The molecular weight excluding hydrogens is 264 g/mol. The summed E-state index contributed by atoms with van der Waals surface area (Å²) in [5.41, 5.74) is 0.780. The predicted octanol–water partition coefficient (Wildman–Crippen LogP) is 1.76. The maximum Gasteiger partial charge on any atom is 0.329 e. The second-order valence-electron chi connectivity index (χ2n) is 4.56. The fourth-order valence-corrected chi connectivity index (χ4v) is 2.94. The monoisotopic (exact) mass is 282 g/mol. The first kappa shape index (κ1) is 14.0. The smallest absolute Gasteiger partial charge is 0.329 e. The van der Waals surface area contributed by atoms with Gasteiger partial charge in [-0.15, -0.1) is 11.3 Å². The number of nitrogens with zero attached hydrogens (tertiary/aromatic N) is 2. The molecule has 104 valence electrons. The van der Waals surface area contributed by atoms with Gasteiger partial charge < -0.3 is 9.64 Å². The molecule has 1 amide bonds. The van der Waals surface area contributed by atoms with Crippen molar-refractivity contribution in [3.63, 3.8) is 0 Å². The summed E-state index contributed by atoms with van der Waals surface area (Å²) >= 11 is 1.57. The van der Waals surface area contributed by atoms with E-state index in [1.165, 1.54) is 6.92 Å². The highest BCUT2D eigenvalue weighted by Crippen LogP contribution is 2.19. The number of carbonyl (C=O) groups excluding carboxylic acids is 2. The molecule has 6 heteroatoms. The molecule has 0 unspecified atom stereocenters. The Hall–Kier alpha value is -1.43. The van der Waals surface area contributed by atoms with Crippen LogP contribution in [0.2, 0.25) is 0 Å². The number of esters is 1. The molecule has 0 bridgehead atoms. The van der Waals surface area contributed by atoms with Crippen LogP contribution in [-0.4, -0.2) is 34.3 Å². The summed E-state index contributed by atoms with van der Waals surface area (Å²) in [5.74, 6) is -0.389. The third-order valence-corrected chi connectivity index (χ3v) is 4.24. The Morgan fingerprint density at radius 2 is 2.37 bits per heavy atom. The van der Waals surface area contributed by atoms with Crippen LogP contribution in [-0.2, 0) is 27.4 Å². The zero-order chi connectivity index (χ0) is 13.8. The van der Waals surface area contributed by atoms with Crippen molar-refractivity contribution in [1.29, 1.82) is 0 Å². The van der Waals surface area contributed by atoms with Crippen LogP contribution in [0.25, 0.3) is 0 Å². The Labute approximate surface area is 116 Å². The van der Waals surface area contributed by atoms with Crippen molar-refractivity contribution >= 4 is 23.2 Å². The normalized spacial score (nSPS) is 18.6. The number of carbonyl (C=O) groups is 2. The van der Waals surface area contributed by atoms with Gasteiger partial charge in [0.05, 0.1) is 10.7 Å². The van der Waals surface area contributed by atoms with Crippen molar-refractivity contribution in [2.45, 2.75) is 45.8 Å². The maximum absolute atomic E-state index is 12.0.